The second-order valence-corrected chi connectivity index (χ2v) is 12.8. The molecule has 0 unspecified atom stereocenters. The summed E-state index contributed by atoms with van der Waals surface area (Å²) in [5.74, 6) is 1.92. The maximum atomic E-state index is 6.26. The van der Waals surface area contributed by atoms with Gasteiger partial charge >= 0.3 is 0 Å². The lowest BCUT2D eigenvalue weighted by Crippen LogP contribution is -2.01. The minimum atomic E-state index is 0.782. The third kappa shape index (κ3) is 6.27. The molecule has 0 bridgehead atoms. The first-order valence-electron chi connectivity index (χ1n) is 17.2. The van der Waals surface area contributed by atoms with Gasteiger partial charge in [-0.05, 0) is 69.4 Å². The Morgan fingerprint density at radius 1 is 0.432 bits per heavy atom. The Balaban J connectivity index is 1.25. The van der Waals surface area contributed by atoms with Gasteiger partial charge < -0.3 is 18.6 Å². The summed E-state index contributed by atoms with van der Waals surface area (Å²) in [6.45, 7) is 6.10. The number of hydrogen-bond acceptors (Lipinski definition) is 2. The highest BCUT2D eigenvalue weighted by molar-refractivity contribution is 6.20. The number of benzene rings is 4. The Morgan fingerprint density at radius 3 is 1.27 bits per heavy atom. The van der Waals surface area contributed by atoms with E-state index in [1.165, 1.54) is 118 Å². The highest BCUT2D eigenvalue weighted by Crippen LogP contribution is 2.37. The Bertz CT molecular complexity index is 1740. The summed E-state index contributed by atoms with van der Waals surface area (Å²) in [6.07, 6.45) is 15.3. The van der Waals surface area contributed by atoms with Crippen LogP contribution in [0.5, 0.6) is 11.8 Å². The molecule has 4 aromatic carbocycles. The molecule has 0 aliphatic heterocycles. The Hall–Kier alpha value is -3.66. The van der Waals surface area contributed by atoms with Crippen molar-refractivity contribution in [1.82, 2.24) is 9.13 Å². The largest absolute Gasteiger partial charge is 0.479 e. The van der Waals surface area contributed by atoms with Crippen molar-refractivity contribution in [2.24, 2.45) is 14.1 Å². The van der Waals surface area contributed by atoms with Gasteiger partial charge in [0.25, 0.3) is 0 Å². The van der Waals surface area contributed by atoms with Gasteiger partial charge in [-0.3, -0.25) is 0 Å². The van der Waals surface area contributed by atoms with Gasteiger partial charge in [0, 0.05) is 37.0 Å². The second kappa shape index (κ2) is 14.0. The van der Waals surface area contributed by atoms with Gasteiger partial charge in [0.15, 0.2) is 11.8 Å². The zero-order chi connectivity index (χ0) is 30.5. The van der Waals surface area contributed by atoms with Gasteiger partial charge in [0.05, 0.1) is 24.2 Å². The lowest BCUT2D eigenvalue weighted by molar-refractivity contribution is 0.285. The molecule has 6 aromatic rings. The molecule has 232 valence electrons. The lowest BCUT2D eigenvalue weighted by atomic mass is 9.95. The molecule has 0 amide bonds. The van der Waals surface area contributed by atoms with Gasteiger partial charge in [-0.25, -0.2) is 0 Å². The smallest absolute Gasteiger partial charge is 0.194 e. The summed E-state index contributed by atoms with van der Waals surface area (Å²) in [5.41, 5.74) is 2.43. The third-order valence-corrected chi connectivity index (χ3v) is 9.56. The van der Waals surface area contributed by atoms with Crippen LogP contribution in [0.2, 0.25) is 0 Å². The first-order chi connectivity index (χ1) is 21.6. The van der Waals surface area contributed by atoms with Crippen molar-refractivity contribution in [3.63, 3.8) is 0 Å². The van der Waals surface area contributed by atoms with Crippen molar-refractivity contribution >= 4 is 54.1 Å². The van der Waals surface area contributed by atoms with Crippen LogP contribution in [-0.4, -0.2) is 22.3 Å². The molecule has 0 saturated carbocycles. The van der Waals surface area contributed by atoms with Crippen LogP contribution in [0.1, 0.15) is 90.9 Å². The Morgan fingerprint density at radius 2 is 0.841 bits per heavy atom. The van der Waals surface area contributed by atoms with E-state index < -0.39 is 0 Å². The number of aromatic nitrogens is 2. The number of ether oxygens (including phenoxy) is 2. The molecule has 4 nitrogen and oxygen atoms in total. The molecule has 0 aliphatic carbocycles. The normalized spacial score (nSPS) is 12.0. The number of rotatable bonds is 16. The summed E-state index contributed by atoms with van der Waals surface area (Å²) in [4.78, 5) is 0. The maximum Gasteiger partial charge on any atom is 0.194 e. The lowest BCUT2D eigenvalue weighted by Gasteiger charge is -2.10. The monoisotopic (exact) mass is 590 g/mol. The van der Waals surface area contributed by atoms with Crippen LogP contribution in [-0.2, 0) is 14.1 Å². The topological polar surface area (TPSA) is 28.3 Å². The number of nitrogens with zero attached hydrogens (tertiary/aromatic N) is 2. The fourth-order valence-electron chi connectivity index (χ4n) is 6.89. The minimum absolute atomic E-state index is 0.782. The Kier molecular flexibility index (Phi) is 9.64. The minimum Gasteiger partial charge on any atom is -0.479 e. The third-order valence-electron chi connectivity index (χ3n) is 9.56. The fourth-order valence-corrected chi connectivity index (χ4v) is 6.89. The van der Waals surface area contributed by atoms with Crippen molar-refractivity contribution in [3.05, 3.63) is 60.7 Å². The number of hydrogen-bond donors (Lipinski definition) is 0. The van der Waals surface area contributed by atoms with Crippen LogP contribution in [0, 0.1) is 0 Å². The van der Waals surface area contributed by atoms with Crippen LogP contribution in [0.25, 0.3) is 54.1 Å². The highest BCUT2D eigenvalue weighted by atomic mass is 16.5. The van der Waals surface area contributed by atoms with E-state index in [-0.39, 0.29) is 0 Å². The van der Waals surface area contributed by atoms with Crippen LogP contribution in [0.4, 0.5) is 0 Å². The predicted molar refractivity (Wildman–Crippen MR) is 190 cm³/mol. The van der Waals surface area contributed by atoms with E-state index in [0.717, 1.165) is 37.8 Å². The molecule has 0 saturated heterocycles. The zero-order valence-corrected chi connectivity index (χ0v) is 27.4. The standard InChI is InChI=1S/C40H50N2O2/c1-5-7-9-11-13-15-21-43-39-25-31-23-29-17-19-34-33(35(29)27-37(31)41(39)3)20-18-30-24-32-26-40(42(4)38(32)28-36(30)34)44-22-16-14-12-10-8-6-2/h17-20,23-28H,5-16,21-22H2,1-4H3. The van der Waals surface area contributed by atoms with Crippen LogP contribution in [0.3, 0.4) is 0 Å². The van der Waals surface area contributed by atoms with E-state index in [1.807, 2.05) is 0 Å². The van der Waals surface area contributed by atoms with Crippen molar-refractivity contribution in [2.45, 2.75) is 90.9 Å². The summed E-state index contributed by atoms with van der Waals surface area (Å²) in [6, 6.07) is 22.9. The molecule has 4 heteroatoms. The van der Waals surface area contributed by atoms with Gasteiger partial charge in [0.1, 0.15) is 0 Å². The molecule has 0 radical (unpaired) electrons. The van der Waals surface area contributed by atoms with Crippen molar-refractivity contribution in [2.75, 3.05) is 13.2 Å². The molecular weight excluding hydrogens is 540 g/mol. The molecule has 0 N–H and O–H groups in total. The maximum absolute atomic E-state index is 6.26. The highest BCUT2D eigenvalue weighted by Gasteiger charge is 2.13. The molecule has 0 atom stereocenters. The Labute approximate surface area is 262 Å². The summed E-state index contributed by atoms with van der Waals surface area (Å²) >= 11 is 0. The van der Waals surface area contributed by atoms with Gasteiger partial charge in [-0.1, -0.05) is 102 Å². The zero-order valence-electron chi connectivity index (χ0n) is 27.4. The molecule has 2 aromatic heterocycles. The average Bonchev–Trinajstić information content (AvgIpc) is 3.51. The van der Waals surface area contributed by atoms with E-state index in [9.17, 15) is 0 Å². The van der Waals surface area contributed by atoms with Crippen LogP contribution < -0.4 is 9.47 Å². The van der Waals surface area contributed by atoms with E-state index in [0.29, 0.717) is 0 Å². The van der Waals surface area contributed by atoms with Crippen molar-refractivity contribution in [1.29, 1.82) is 0 Å². The van der Waals surface area contributed by atoms with Gasteiger partial charge in [-0.15, -0.1) is 0 Å². The molecule has 0 spiro atoms. The van der Waals surface area contributed by atoms with E-state index in [1.54, 1.807) is 0 Å². The molecule has 2 heterocycles. The fraction of sp³-hybridized carbons (Fsp3) is 0.450. The first-order valence-corrected chi connectivity index (χ1v) is 17.2. The summed E-state index contributed by atoms with van der Waals surface area (Å²) < 4.78 is 16.9. The van der Waals surface area contributed by atoms with E-state index in [4.69, 9.17) is 9.47 Å². The number of fused-ring (bicyclic) bond motifs is 7. The van der Waals surface area contributed by atoms with E-state index >= 15 is 0 Å². The summed E-state index contributed by atoms with van der Waals surface area (Å²) in [7, 11) is 4.26. The summed E-state index contributed by atoms with van der Waals surface area (Å²) in [5, 5.41) is 10.2. The predicted octanol–water partition coefficient (Wildman–Crippen LogP) is 11.6. The molecular formula is C40H50N2O2. The first kappa shape index (κ1) is 30.4. The number of aryl methyl sites for hydroxylation is 2. The second-order valence-electron chi connectivity index (χ2n) is 12.8. The molecule has 0 fully saturated rings. The molecule has 6 rings (SSSR count). The molecule has 0 aliphatic rings. The van der Waals surface area contributed by atoms with E-state index in [2.05, 4.69) is 97.7 Å². The number of unbranched alkanes of at least 4 members (excludes halogenated alkanes) is 10. The quantitative estimate of drug-likeness (QED) is 0.0828. The van der Waals surface area contributed by atoms with Crippen molar-refractivity contribution in [3.8, 4) is 11.8 Å². The van der Waals surface area contributed by atoms with Crippen LogP contribution in [0.15, 0.2) is 60.7 Å². The average molecular weight is 591 g/mol. The molecule has 44 heavy (non-hydrogen) atoms. The van der Waals surface area contributed by atoms with Crippen molar-refractivity contribution < 1.29 is 9.47 Å². The van der Waals surface area contributed by atoms with Gasteiger partial charge in [0.2, 0.25) is 0 Å². The van der Waals surface area contributed by atoms with Gasteiger partial charge in [-0.2, -0.15) is 0 Å². The van der Waals surface area contributed by atoms with Crippen LogP contribution >= 0.6 is 0 Å². The SMILES string of the molecule is CCCCCCCCOc1cc2cc3ccc4c5cc6c(cc(OCCCCCCCC)n6C)cc5ccc4c3cc2n1C.